The van der Waals surface area contributed by atoms with Gasteiger partial charge in [-0.05, 0) is 59.4 Å². The highest BCUT2D eigenvalue weighted by Gasteiger charge is 2.19. The van der Waals surface area contributed by atoms with Gasteiger partial charge in [0.05, 0.1) is 10.6 Å². The van der Waals surface area contributed by atoms with Gasteiger partial charge in [-0.1, -0.05) is 92.2 Å². The van der Waals surface area contributed by atoms with Gasteiger partial charge in [-0.3, -0.25) is 9.59 Å². The maximum atomic E-state index is 12.4. The summed E-state index contributed by atoms with van der Waals surface area (Å²) in [6, 6.07) is 18.6. The summed E-state index contributed by atoms with van der Waals surface area (Å²) < 4.78 is 5.69. The van der Waals surface area contributed by atoms with E-state index in [2.05, 4.69) is 30.3 Å². The normalized spacial score (nSPS) is 11.2. The lowest BCUT2D eigenvalue weighted by molar-refractivity contribution is -0.145. The Labute approximate surface area is 234 Å². The number of hydrogen-bond donors (Lipinski definition) is 2. The van der Waals surface area contributed by atoms with Crippen molar-refractivity contribution in [1.29, 1.82) is 0 Å². The maximum absolute atomic E-state index is 12.4. The summed E-state index contributed by atoms with van der Waals surface area (Å²) in [6.07, 6.45) is 7.99. The van der Waals surface area contributed by atoms with Crippen molar-refractivity contribution in [3.05, 3.63) is 81.9 Å². The minimum Gasteiger partial charge on any atom is -0.507 e. The van der Waals surface area contributed by atoms with E-state index in [1.807, 2.05) is 24.3 Å². The zero-order chi connectivity index (χ0) is 27.8. The number of aldehydes is 1. The molecular formula is C33H35ClO5. The van der Waals surface area contributed by atoms with E-state index in [1.165, 1.54) is 0 Å². The second kappa shape index (κ2) is 13.5. The van der Waals surface area contributed by atoms with Crippen LogP contribution in [-0.4, -0.2) is 22.5 Å². The molecule has 0 amide bonds. The third kappa shape index (κ3) is 6.72. The quantitative estimate of drug-likeness (QED) is 0.0759. The summed E-state index contributed by atoms with van der Waals surface area (Å²) in [5.41, 5.74) is 1.91. The lowest BCUT2D eigenvalue weighted by atomic mass is 9.97. The van der Waals surface area contributed by atoms with Crippen molar-refractivity contribution in [2.45, 2.75) is 71.3 Å². The Morgan fingerprint density at radius 3 is 2.00 bits per heavy atom. The molecule has 4 aromatic carbocycles. The van der Waals surface area contributed by atoms with E-state index in [4.69, 9.17) is 16.3 Å². The molecule has 0 fully saturated rings. The van der Waals surface area contributed by atoms with E-state index in [-0.39, 0.29) is 34.7 Å². The highest BCUT2D eigenvalue weighted by Crippen LogP contribution is 2.40. The van der Waals surface area contributed by atoms with Crippen molar-refractivity contribution >= 4 is 45.4 Å². The molecule has 0 radical (unpaired) electrons. The number of halogens is 1. The van der Waals surface area contributed by atoms with Crippen molar-refractivity contribution in [2.75, 3.05) is 0 Å². The van der Waals surface area contributed by atoms with Crippen LogP contribution in [0.4, 0.5) is 0 Å². The summed E-state index contributed by atoms with van der Waals surface area (Å²) in [4.78, 5) is 23.7. The highest BCUT2D eigenvalue weighted by molar-refractivity contribution is 6.33. The van der Waals surface area contributed by atoms with Crippen molar-refractivity contribution in [1.82, 2.24) is 0 Å². The molecule has 0 saturated heterocycles. The number of ether oxygens (including phenoxy) is 1. The number of hydrogen-bond acceptors (Lipinski definition) is 5. The number of benzene rings is 4. The van der Waals surface area contributed by atoms with Crippen molar-refractivity contribution in [3.8, 4) is 11.5 Å². The molecule has 0 spiro atoms. The summed E-state index contributed by atoms with van der Waals surface area (Å²) in [6.45, 7) is 1.87. The summed E-state index contributed by atoms with van der Waals surface area (Å²) in [7, 11) is 0. The van der Waals surface area contributed by atoms with Gasteiger partial charge in [-0.15, -0.1) is 0 Å². The molecule has 5 nitrogen and oxygen atoms in total. The summed E-state index contributed by atoms with van der Waals surface area (Å²) >= 11 is 6.12. The second-order valence-corrected chi connectivity index (χ2v) is 10.5. The molecule has 0 atom stereocenters. The van der Waals surface area contributed by atoms with Gasteiger partial charge in [0.25, 0.3) is 0 Å². The average Bonchev–Trinajstić information content (AvgIpc) is 2.95. The van der Waals surface area contributed by atoms with Gasteiger partial charge in [-0.2, -0.15) is 0 Å². The number of fused-ring (bicyclic) bond motifs is 2. The Morgan fingerprint density at radius 1 is 0.821 bits per heavy atom. The zero-order valence-electron chi connectivity index (χ0n) is 22.3. The van der Waals surface area contributed by atoms with Crippen LogP contribution in [0.1, 0.15) is 78.4 Å². The first-order valence-electron chi connectivity index (χ1n) is 13.7. The number of phenolic OH excluding ortho intramolecular Hbond substituents is 2. The fraction of sp³-hybridized carbons (Fsp3) is 0.333. The van der Waals surface area contributed by atoms with Gasteiger partial charge in [0.15, 0.2) is 6.29 Å². The Hall–Kier alpha value is -3.57. The number of carbonyl (C=O) groups is 2. The lowest BCUT2D eigenvalue weighted by Crippen LogP contribution is -2.05. The van der Waals surface area contributed by atoms with E-state index < -0.39 is 0 Å². The second-order valence-electron chi connectivity index (χ2n) is 10.1. The Morgan fingerprint density at radius 2 is 1.38 bits per heavy atom. The van der Waals surface area contributed by atoms with Crippen LogP contribution in [0.25, 0.3) is 21.5 Å². The largest absolute Gasteiger partial charge is 0.507 e. The monoisotopic (exact) mass is 546 g/mol. The van der Waals surface area contributed by atoms with E-state index in [0.717, 1.165) is 72.1 Å². The molecular weight excluding hydrogens is 512 g/mol. The number of rotatable bonds is 13. The minimum absolute atomic E-state index is 0.119. The van der Waals surface area contributed by atoms with Gasteiger partial charge >= 0.3 is 5.97 Å². The molecule has 6 heteroatoms. The molecule has 0 heterocycles. The molecule has 4 aromatic rings. The third-order valence-electron chi connectivity index (χ3n) is 7.45. The first kappa shape index (κ1) is 28.4. The van der Waals surface area contributed by atoms with E-state index >= 15 is 0 Å². The zero-order valence-corrected chi connectivity index (χ0v) is 23.1. The van der Waals surface area contributed by atoms with Crippen LogP contribution in [0, 0.1) is 6.92 Å². The minimum atomic E-state index is -0.176. The van der Waals surface area contributed by atoms with Crippen LogP contribution in [0.2, 0.25) is 5.02 Å². The van der Waals surface area contributed by atoms with Gasteiger partial charge in [-0.25, -0.2) is 0 Å². The number of unbranched alkanes of at least 4 members (excludes halogenated alkanes) is 6. The Bertz CT molecular complexity index is 1420. The molecule has 4 rings (SSSR count). The number of carbonyl (C=O) groups excluding carboxylic acids is 2. The van der Waals surface area contributed by atoms with Crippen LogP contribution >= 0.6 is 11.6 Å². The predicted octanol–water partition coefficient (Wildman–Crippen LogP) is 8.59. The molecule has 0 bridgehead atoms. The fourth-order valence-corrected chi connectivity index (χ4v) is 5.42. The van der Waals surface area contributed by atoms with Gasteiger partial charge < -0.3 is 14.9 Å². The van der Waals surface area contributed by atoms with Crippen molar-refractivity contribution < 1.29 is 24.5 Å². The number of esters is 1. The smallest absolute Gasteiger partial charge is 0.306 e. The molecule has 0 unspecified atom stereocenters. The Balaban J connectivity index is 1.15. The fourth-order valence-electron chi connectivity index (χ4n) is 5.20. The third-order valence-corrected chi connectivity index (χ3v) is 7.92. The summed E-state index contributed by atoms with van der Waals surface area (Å²) in [5, 5.41) is 25.2. The van der Waals surface area contributed by atoms with E-state index in [1.54, 1.807) is 6.92 Å². The number of aromatic hydroxyl groups is 2. The van der Waals surface area contributed by atoms with Crippen LogP contribution in [0.5, 0.6) is 11.5 Å². The molecule has 39 heavy (non-hydrogen) atoms. The SMILES string of the molecule is Cc1c(Cl)c(O)c(CCCCCCCCCC(=O)OCc2c3ccccc3cc3ccccc23)c(O)c1C=O. The van der Waals surface area contributed by atoms with Gasteiger partial charge in [0, 0.05) is 17.5 Å². The van der Waals surface area contributed by atoms with E-state index in [0.29, 0.717) is 30.3 Å². The van der Waals surface area contributed by atoms with Crippen molar-refractivity contribution in [3.63, 3.8) is 0 Å². The first-order valence-corrected chi connectivity index (χ1v) is 14.0. The van der Waals surface area contributed by atoms with Crippen LogP contribution in [-0.2, 0) is 22.6 Å². The van der Waals surface area contributed by atoms with Gasteiger partial charge in [0.2, 0.25) is 0 Å². The average molecular weight is 547 g/mol. The molecule has 204 valence electrons. The standard InChI is InChI=1S/C33H35ClO5/c1-22-28(20-35)32(37)27(33(38)31(22)34)17-7-5-3-2-4-6-8-18-30(36)39-21-29-25-15-11-9-13-23(25)19-24-14-10-12-16-26(24)29/h9-16,19-20,37-38H,2-8,17-18,21H2,1H3. The van der Waals surface area contributed by atoms with Crippen LogP contribution < -0.4 is 0 Å². The lowest BCUT2D eigenvalue weighted by Gasteiger charge is -2.13. The number of phenols is 2. The Kier molecular flexibility index (Phi) is 9.83. The predicted molar refractivity (Wildman–Crippen MR) is 157 cm³/mol. The van der Waals surface area contributed by atoms with Crippen LogP contribution in [0.3, 0.4) is 0 Å². The molecule has 2 N–H and O–H groups in total. The van der Waals surface area contributed by atoms with E-state index in [9.17, 15) is 19.8 Å². The first-order chi connectivity index (χ1) is 18.9. The highest BCUT2D eigenvalue weighted by atomic mass is 35.5. The van der Waals surface area contributed by atoms with Gasteiger partial charge in [0.1, 0.15) is 18.1 Å². The topological polar surface area (TPSA) is 83.8 Å². The molecule has 0 aromatic heterocycles. The van der Waals surface area contributed by atoms with Crippen molar-refractivity contribution in [2.24, 2.45) is 0 Å². The molecule has 0 saturated carbocycles. The summed E-state index contributed by atoms with van der Waals surface area (Å²) in [5.74, 6) is -0.485. The van der Waals surface area contributed by atoms with Crippen LogP contribution in [0.15, 0.2) is 54.6 Å². The molecule has 0 aliphatic rings. The molecule has 0 aliphatic carbocycles. The maximum Gasteiger partial charge on any atom is 0.306 e. The molecule has 0 aliphatic heterocycles.